The second-order valence-corrected chi connectivity index (χ2v) is 13.6. The van der Waals surface area contributed by atoms with Gasteiger partial charge in [-0.05, 0) is 13.3 Å². The first kappa shape index (κ1) is 32.9. The first-order valence-corrected chi connectivity index (χ1v) is 16.0. The number of hydrogen-bond acceptors (Lipinski definition) is 12. The molecule has 5 unspecified atom stereocenters. The molecule has 9 atom stereocenters. The molecule has 21 heteroatoms. The molecule has 38 heavy (non-hydrogen) atoms. The van der Waals surface area contributed by atoms with E-state index in [2.05, 4.69) is 0 Å². The Hall–Kier alpha value is -1.26. The van der Waals surface area contributed by atoms with Crippen LogP contribution in [0.15, 0.2) is 0 Å². The Kier molecular flexibility index (Phi) is 12.0. The van der Waals surface area contributed by atoms with Crippen LogP contribution in [0.1, 0.15) is 28.1 Å². The standard InChI is InChI=1S/C17H31O18P3/c1-3-4-5-31-6-10-14(33-36(25,26)7-11(18)19)15(34-37(27,28)8-12(20)21)16(17(2,24)32-10)35-38(29,30)9-13(22)23/h10,14-16,24H,3-9H2,1-2H3,(H,18,19)(H,20,21)(H,22,23)(H,25,26)(H,27,28)(H,29,30)/t10-,14-,15+,16-,17?/m1/s1/i5D/t5?,10-,14-,15+,16-,17?. The van der Waals surface area contributed by atoms with Crippen LogP contribution in [0.5, 0.6) is 0 Å². The highest BCUT2D eigenvalue weighted by Gasteiger charge is 2.59. The van der Waals surface area contributed by atoms with Crippen LogP contribution in [0.3, 0.4) is 0 Å². The fourth-order valence-electron chi connectivity index (χ4n) is 3.21. The molecule has 0 bridgehead atoms. The molecular weight excluding hydrogens is 585 g/mol. The number of aliphatic hydroxyl groups is 1. The van der Waals surface area contributed by atoms with Gasteiger partial charge in [0.2, 0.25) is 0 Å². The minimum atomic E-state index is -5.29. The molecule has 0 aromatic rings. The van der Waals surface area contributed by atoms with Gasteiger partial charge in [-0.25, -0.2) is 0 Å². The van der Waals surface area contributed by atoms with Gasteiger partial charge >= 0.3 is 40.7 Å². The topological polar surface area (TPSA) is 290 Å². The van der Waals surface area contributed by atoms with E-state index in [1.54, 1.807) is 6.92 Å². The zero-order valence-electron chi connectivity index (χ0n) is 21.1. The van der Waals surface area contributed by atoms with Crippen LogP contribution >= 0.6 is 22.8 Å². The largest absolute Gasteiger partial charge is 0.481 e. The van der Waals surface area contributed by atoms with E-state index in [0.717, 1.165) is 6.92 Å². The summed E-state index contributed by atoms with van der Waals surface area (Å²) in [5.41, 5.74) is 0. The molecule has 1 aliphatic rings. The van der Waals surface area contributed by atoms with Gasteiger partial charge in [0.05, 0.1) is 7.98 Å². The second-order valence-electron chi connectivity index (χ2n) is 8.23. The van der Waals surface area contributed by atoms with E-state index in [1.807, 2.05) is 0 Å². The highest BCUT2D eigenvalue weighted by atomic mass is 31.2. The number of carboxylic acid groups (broad SMARTS) is 3. The lowest BCUT2D eigenvalue weighted by molar-refractivity contribution is -0.331. The molecule has 0 spiro atoms. The summed E-state index contributed by atoms with van der Waals surface area (Å²) < 4.78 is 70.5. The third-order valence-corrected chi connectivity index (χ3v) is 8.26. The Morgan fingerprint density at radius 2 is 1.29 bits per heavy atom. The summed E-state index contributed by atoms with van der Waals surface area (Å²) in [5.74, 6) is -8.40. The molecule has 0 saturated carbocycles. The fraction of sp³-hybridized carbons (Fsp3) is 0.824. The SMILES string of the molecule is [2H]C(CCC)OC[C@H]1OC(C)(O)[C@H](OP(=O)(O)CC(=O)O)[C@@H](OP(=O)(O)CC(=O)O)[C@@H]1OP(=O)(O)CC(=O)O. The van der Waals surface area contributed by atoms with Crippen molar-refractivity contribution in [1.82, 2.24) is 0 Å². The van der Waals surface area contributed by atoms with Crippen LogP contribution in [0, 0.1) is 0 Å². The van der Waals surface area contributed by atoms with Gasteiger partial charge in [-0.3, -0.25) is 41.6 Å². The lowest BCUT2D eigenvalue weighted by Gasteiger charge is -2.49. The first-order chi connectivity index (χ1) is 17.6. The molecule has 0 amide bonds. The molecular formula is C17H31O18P3. The summed E-state index contributed by atoms with van der Waals surface area (Å²) in [6.45, 7) is 0.484. The zero-order valence-corrected chi connectivity index (χ0v) is 22.8. The first-order valence-electron chi connectivity index (χ1n) is 11.3. The molecule has 222 valence electrons. The second kappa shape index (κ2) is 13.9. The third-order valence-electron chi connectivity index (χ3n) is 4.55. The molecule has 7 N–H and O–H groups in total. The summed E-state index contributed by atoms with van der Waals surface area (Å²) in [6.07, 6.45) is -13.0. The molecule has 0 aliphatic carbocycles. The van der Waals surface area contributed by atoms with Crippen LogP contribution in [0.25, 0.3) is 0 Å². The fourth-order valence-corrected chi connectivity index (χ4v) is 6.37. The number of aliphatic carboxylic acids is 3. The molecule has 1 saturated heterocycles. The predicted octanol–water partition coefficient (Wildman–Crippen LogP) is -0.124. The van der Waals surface area contributed by atoms with Gasteiger partial charge in [0.25, 0.3) is 0 Å². The highest BCUT2D eigenvalue weighted by molar-refractivity contribution is 7.54. The average Bonchev–Trinajstić information content (AvgIpc) is 2.68. The lowest BCUT2D eigenvalue weighted by Crippen LogP contribution is -2.65. The quantitative estimate of drug-likeness (QED) is 0.105. The van der Waals surface area contributed by atoms with E-state index in [0.29, 0.717) is 6.42 Å². The highest BCUT2D eigenvalue weighted by Crippen LogP contribution is 2.54. The van der Waals surface area contributed by atoms with Crippen molar-refractivity contribution in [3.05, 3.63) is 0 Å². The van der Waals surface area contributed by atoms with Crippen LogP contribution in [0.2, 0.25) is 0 Å². The summed E-state index contributed by atoms with van der Waals surface area (Å²) >= 11 is 0. The minimum absolute atomic E-state index is 0.172. The normalized spacial score (nSPS) is 31.7. The van der Waals surface area contributed by atoms with Crippen LogP contribution in [0.4, 0.5) is 0 Å². The van der Waals surface area contributed by atoms with Crippen molar-refractivity contribution in [2.45, 2.75) is 56.9 Å². The van der Waals surface area contributed by atoms with Crippen molar-refractivity contribution in [2.75, 3.05) is 31.7 Å². The maximum Gasteiger partial charge on any atom is 0.339 e. The molecule has 0 radical (unpaired) electrons. The summed E-state index contributed by atoms with van der Waals surface area (Å²) in [5, 5.41) is 37.7. The number of hydrogen-bond donors (Lipinski definition) is 7. The van der Waals surface area contributed by atoms with Crippen LogP contribution < -0.4 is 0 Å². The Bertz CT molecular complexity index is 1030. The van der Waals surface area contributed by atoms with Crippen molar-refractivity contribution in [3.63, 3.8) is 0 Å². The van der Waals surface area contributed by atoms with E-state index in [1.165, 1.54) is 0 Å². The van der Waals surface area contributed by atoms with Crippen molar-refractivity contribution in [3.8, 4) is 0 Å². The van der Waals surface area contributed by atoms with E-state index in [4.69, 9.17) is 39.7 Å². The Morgan fingerprint density at radius 3 is 1.71 bits per heavy atom. The van der Waals surface area contributed by atoms with E-state index >= 15 is 0 Å². The molecule has 1 heterocycles. The smallest absolute Gasteiger partial charge is 0.339 e. The molecule has 1 fully saturated rings. The van der Waals surface area contributed by atoms with Crippen molar-refractivity contribution >= 4 is 40.7 Å². The predicted molar refractivity (Wildman–Crippen MR) is 123 cm³/mol. The summed E-state index contributed by atoms with van der Waals surface area (Å²) in [4.78, 5) is 63.3. The number of carboxylic acids is 3. The van der Waals surface area contributed by atoms with Gasteiger partial charge in [-0.15, -0.1) is 0 Å². The minimum Gasteiger partial charge on any atom is -0.481 e. The lowest BCUT2D eigenvalue weighted by atomic mass is 9.93. The van der Waals surface area contributed by atoms with Gasteiger partial charge in [-0.1, -0.05) is 13.3 Å². The van der Waals surface area contributed by atoms with Gasteiger partial charge in [-0.2, -0.15) is 0 Å². The van der Waals surface area contributed by atoms with Crippen molar-refractivity contribution in [2.24, 2.45) is 0 Å². The molecule has 0 aromatic carbocycles. The van der Waals surface area contributed by atoms with Crippen molar-refractivity contribution in [1.29, 1.82) is 0 Å². The van der Waals surface area contributed by atoms with E-state index < -0.39 is 103 Å². The van der Waals surface area contributed by atoms with Gasteiger partial charge < -0.3 is 44.6 Å². The third kappa shape index (κ3) is 11.9. The van der Waals surface area contributed by atoms with Crippen molar-refractivity contribution < 1.29 is 87.6 Å². The average molecular weight is 617 g/mol. The van der Waals surface area contributed by atoms with Gasteiger partial charge in [0.1, 0.15) is 42.9 Å². The maximum absolute atomic E-state index is 12.5. The summed E-state index contributed by atoms with van der Waals surface area (Å²) in [6, 6.07) is 0. The monoisotopic (exact) mass is 617 g/mol. The molecule has 18 nitrogen and oxygen atoms in total. The van der Waals surface area contributed by atoms with E-state index in [9.17, 15) is 47.9 Å². The molecule has 1 aliphatic heterocycles. The molecule has 1 rings (SSSR count). The summed E-state index contributed by atoms with van der Waals surface area (Å²) in [7, 11) is -15.7. The van der Waals surface area contributed by atoms with Gasteiger partial charge in [0.15, 0.2) is 5.79 Å². The zero-order chi connectivity index (χ0) is 30.4. The maximum atomic E-state index is 12.5. The Morgan fingerprint density at radius 1 is 0.868 bits per heavy atom. The Labute approximate surface area is 217 Å². The number of ether oxygens (including phenoxy) is 2. The van der Waals surface area contributed by atoms with Gasteiger partial charge in [0, 0.05) is 6.58 Å². The van der Waals surface area contributed by atoms with Crippen LogP contribution in [-0.2, 0) is 51.1 Å². The van der Waals surface area contributed by atoms with Crippen LogP contribution in [-0.4, -0.2) is 115 Å². The number of carbonyl (C=O) groups is 3. The van der Waals surface area contributed by atoms with E-state index in [-0.39, 0.29) is 6.42 Å². The number of rotatable bonds is 17. The molecule has 0 aromatic heterocycles. The Balaban J connectivity index is 3.67.